The SMILES string of the molecule is CC(=O)N(c1cccc(Cl)c1)C(C)c1cc(-c2ccc(S(C)(=O)=O)cc2)c2ccccc2c1.Cl. The van der Waals surface area contributed by atoms with Gasteiger partial charge in [-0.1, -0.05) is 54.1 Å². The van der Waals surface area contributed by atoms with Crippen molar-refractivity contribution in [3.63, 3.8) is 0 Å². The normalized spacial score (nSPS) is 12.1. The average Bonchev–Trinajstić information content (AvgIpc) is 2.78. The van der Waals surface area contributed by atoms with Crippen LogP contribution in [0, 0.1) is 0 Å². The molecule has 4 aromatic rings. The van der Waals surface area contributed by atoms with Gasteiger partial charge in [-0.05, 0) is 76.9 Å². The molecule has 1 atom stereocenters. The topological polar surface area (TPSA) is 54.5 Å². The second-order valence-corrected chi connectivity index (χ2v) is 10.6. The van der Waals surface area contributed by atoms with E-state index in [1.807, 2.05) is 55.5 Å². The van der Waals surface area contributed by atoms with E-state index in [1.165, 1.54) is 6.26 Å². The molecule has 4 aromatic carbocycles. The third kappa shape index (κ3) is 5.27. The van der Waals surface area contributed by atoms with Gasteiger partial charge in [0.25, 0.3) is 0 Å². The highest BCUT2D eigenvalue weighted by atomic mass is 35.5. The maximum atomic E-state index is 12.6. The summed E-state index contributed by atoms with van der Waals surface area (Å²) in [4.78, 5) is 14.7. The number of hydrogen-bond acceptors (Lipinski definition) is 3. The summed E-state index contributed by atoms with van der Waals surface area (Å²) in [5, 5.41) is 2.66. The molecule has 0 aliphatic rings. The van der Waals surface area contributed by atoms with Gasteiger partial charge in [-0.25, -0.2) is 8.42 Å². The van der Waals surface area contributed by atoms with Crippen LogP contribution < -0.4 is 4.90 Å². The number of anilines is 1. The Morgan fingerprint density at radius 3 is 2.21 bits per heavy atom. The molecule has 0 radical (unpaired) electrons. The molecule has 0 heterocycles. The second-order valence-electron chi connectivity index (χ2n) is 8.13. The Labute approximate surface area is 211 Å². The second kappa shape index (κ2) is 10.2. The van der Waals surface area contributed by atoms with Crippen LogP contribution in [0.2, 0.25) is 5.02 Å². The Morgan fingerprint density at radius 1 is 0.912 bits per heavy atom. The van der Waals surface area contributed by atoms with Gasteiger partial charge in [0.15, 0.2) is 9.84 Å². The predicted molar refractivity (Wildman–Crippen MR) is 143 cm³/mol. The highest BCUT2D eigenvalue weighted by molar-refractivity contribution is 7.90. The molecular weight excluding hydrogens is 489 g/mol. The fraction of sp³-hybridized carbons (Fsp3) is 0.148. The van der Waals surface area contributed by atoms with E-state index in [9.17, 15) is 13.2 Å². The number of carbonyl (C=O) groups is 1. The van der Waals surface area contributed by atoms with Gasteiger partial charge in [-0.2, -0.15) is 0 Å². The standard InChI is InChI=1S/C27H24ClNO3S.ClH/c1-18(29(19(2)30)24-9-6-8-23(28)17-24)22-15-21-7-4-5-10-26(21)27(16-22)20-11-13-25(14-12-20)33(3,31)32;/h4-18H,1-3H3;1H. The fourth-order valence-corrected chi connectivity index (χ4v) is 4.96. The Bertz CT molecular complexity index is 1450. The number of amides is 1. The van der Waals surface area contributed by atoms with Crippen molar-refractivity contribution in [2.24, 2.45) is 0 Å². The van der Waals surface area contributed by atoms with Crippen LogP contribution in [0.4, 0.5) is 5.69 Å². The van der Waals surface area contributed by atoms with Gasteiger partial charge in [-0.15, -0.1) is 12.4 Å². The Kier molecular flexibility index (Phi) is 7.71. The van der Waals surface area contributed by atoms with E-state index in [2.05, 4.69) is 12.1 Å². The molecule has 0 saturated heterocycles. The van der Waals surface area contributed by atoms with Crippen LogP contribution in [-0.4, -0.2) is 20.6 Å². The molecule has 0 aromatic heterocycles. The molecule has 1 amide bonds. The first kappa shape index (κ1) is 25.8. The van der Waals surface area contributed by atoms with E-state index in [0.29, 0.717) is 5.02 Å². The lowest BCUT2D eigenvalue weighted by molar-refractivity contribution is -0.117. The molecule has 1 unspecified atom stereocenters. The molecule has 7 heteroatoms. The van der Waals surface area contributed by atoms with Crippen molar-refractivity contribution in [1.82, 2.24) is 0 Å². The Morgan fingerprint density at radius 2 is 1.59 bits per heavy atom. The van der Waals surface area contributed by atoms with E-state index in [4.69, 9.17) is 11.6 Å². The summed E-state index contributed by atoms with van der Waals surface area (Å²) in [7, 11) is -3.28. The molecule has 0 bridgehead atoms. The van der Waals surface area contributed by atoms with Gasteiger partial charge in [-0.3, -0.25) is 4.79 Å². The molecule has 34 heavy (non-hydrogen) atoms. The lowest BCUT2D eigenvalue weighted by Crippen LogP contribution is -2.31. The molecule has 0 fully saturated rings. The zero-order valence-corrected chi connectivity index (χ0v) is 21.4. The highest BCUT2D eigenvalue weighted by Crippen LogP contribution is 2.36. The summed E-state index contributed by atoms with van der Waals surface area (Å²) < 4.78 is 23.8. The van der Waals surface area contributed by atoms with Crippen LogP contribution >= 0.6 is 24.0 Å². The molecule has 4 nitrogen and oxygen atoms in total. The van der Waals surface area contributed by atoms with E-state index >= 15 is 0 Å². The van der Waals surface area contributed by atoms with Gasteiger partial charge in [0.1, 0.15) is 0 Å². The molecule has 4 rings (SSSR count). The Balaban J connectivity index is 0.00000324. The van der Waals surface area contributed by atoms with Crippen LogP contribution in [-0.2, 0) is 14.6 Å². The quantitative estimate of drug-likeness (QED) is 0.286. The van der Waals surface area contributed by atoms with Gasteiger partial charge in [0.2, 0.25) is 5.91 Å². The van der Waals surface area contributed by atoms with Gasteiger partial charge in [0, 0.05) is 23.9 Å². The summed E-state index contributed by atoms with van der Waals surface area (Å²) in [6.07, 6.45) is 1.20. The fourth-order valence-electron chi connectivity index (χ4n) is 4.15. The first-order valence-corrected chi connectivity index (χ1v) is 12.8. The minimum atomic E-state index is -3.28. The van der Waals surface area contributed by atoms with Crippen LogP contribution in [0.3, 0.4) is 0 Å². The summed E-state index contributed by atoms with van der Waals surface area (Å²) in [6, 6.07) is 26.1. The molecule has 0 spiro atoms. The number of halogens is 2. The molecule has 0 aliphatic heterocycles. The third-order valence-electron chi connectivity index (χ3n) is 5.77. The van der Waals surface area contributed by atoms with Crippen LogP contribution in [0.25, 0.3) is 21.9 Å². The lowest BCUT2D eigenvalue weighted by atomic mass is 9.93. The van der Waals surface area contributed by atoms with Crippen molar-refractivity contribution >= 4 is 56.2 Å². The zero-order valence-electron chi connectivity index (χ0n) is 19.0. The van der Waals surface area contributed by atoms with Crippen molar-refractivity contribution in [3.8, 4) is 11.1 Å². The smallest absolute Gasteiger partial charge is 0.224 e. The molecule has 0 N–H and O–H groups in total. The minimum absolute atomic E-state index is 0. The van der Waals surface area contributed by atoms with Crippen LogP contribution in [0.1, 0.15) is 25.5 Å². The number of carbonyl (C=O) groups excluding carboxylic acids is 1. The maximum Gasteiger partial charge on any atom is 0.224 e. The van der Waals surface area contributed by atoms with Crippen molar-refractivity contribution in [1.29, 1.82) is 0 Å². The first-order chi connectivity index (χ1) is 15.6. The van der Waals surface area contributed by atoms with Gasteiger partial charge >= 0.3 is 0 Å². The van der Waals surface area contributed by atoms with Gasteiger partial charge < -0.3 is 4.90 Å². The van der Waals surface area contributed by atoms with Crippen molar-refractivity contribution < 1.29 is 13.2 Å². The van der Waals surface area contributed by atoms with E-state index in [0.717, 1.165) is 33.2 Å². The van der Waals surface area contributed by atoms with E-state index in [-0.39, 0.29) is 29.3 Å². The largest absolute Gasteiger partial charge is 0.305 e. The third-order valence-corrected chi connectivity index (χ3v) is 7.14. The zero-order chi connectivity index (χ0) is 23.8. The number of nitrogens with zero attached hydrogens (tertiary/aromatic N) is 1. The predicted octanol–water partition coefficient (Wildman–Crippen LogP) is 7.10. The average molecular weight is 514 g/mol. The monoisotopic (exact) mass is 513 g/mol. The number of hydrogen-bond donors (Lipinski definition) is 0. The molecule has 0 aliphatic carbocycles. The van der Waals surface area contributed by atoms with Crippen LogP contribution in [0.5, 0.6) is 0 Å². The Hall–Kier alpha value is -2.86. The van der Waals surface area contributed by atoms with Crippen molar-refractivity contribution in [2.45, 2.75) is 24.8 Å². The number of sulfone groups is 1. The molecule has 176 valence electrons. The molecular formula is C27H25Cl2NO3S. The van der Waals surface area contributed by atoms with E-state index < -0.39 is 9.84 Å². The van der Waals surface area contributed by atoms with Gasteiger partial charge in [0.05, 0.1) is 10.9 Å². The number of fused-ring (bicyclic) bond motifs is 1. The molecule has 0 saturated carbocycles. The number of benzene rings is 4. The summed E-state index contributed by atoms with van der Waals surface area (Å²) >= 11 is 6.19. The summed E-state index contributed by atoms with van der Waals surface area (Å²) in [5.41, 5.74) is 3.58. The highest BCUT2D eigenvalue weighted by Gasteiger charge is 2.22. The van der Waals surface area contributed by atoms with Crippen molar-refractivity contribution in [3.05, 3.63) is 95.5 Å². The van der Waals surface area contributed by atoms with Crippen LogP contribution in [0.15, 0.2) is 89.8 Å². The number of rotatable bonds is 5. The minimum Gasteiger partial charge on any atom is -0.305 e. The maximum absolute atomic E-state index is 12.6. The first-order valence-electron chi connectivity index (χ1n) is 10.5. The van der Waals surface area contributed by atoms with Crippen molar-refractivity contribution in [2.75, 3.05) is 11.2 Å². The summed E-state index contributed by atoms with van der Waals surface area (Å²) in [6.45, 7) is 3.53. The lowest BCUT2D eigenvalue weighted by Gasteiger charge is -2.29. The van der Waals surface area contributed by atoms with E-state index in [1.54, 1.807) is 36.1 Å². The summed E-state index contributed by atoms with van der Waals surface area (Å²) in [5.74, 6) is -0.0861.